The minimum atomic E-state index is -3.18. The third-order valence-electron chi connectivity index (χ3n) is 3.29. The first-order chi connectivity index (χ1) is 8.97. The van der Waals surface area contributed by atoms with Crippen molar-refractivity contribution in [1.82, 2.24) is 4.90 Å². The van der Waals surface area contributed by atoms with Crippen LogP contribution in [-0.2, 0) is 19.4 Å². The minimum absolute atomic E-state index is 0.105. The zero-order chi connectivity index (χ0) is 14.5. The lowest BCUT2D eigenvalue weighted by atomic mass is 10.2. The van der Waals surface area contributed by atoms with Crippen LogP contribution in [0.2, 0.25) is 0 Å². The Morgan fingerprint density at radius 3 is 2.63 bits per heavy atom. The molecule has 1 heterocycles. The average molecular weight is 309 g/mol. The molecule has 0 spiro atoms. The highest BCUT2D eigenvalue weighted by atomic mass is 32.2. The first-order valence-corrected chi connectivity index (χ1v) is 9.56. The summed E-state index contributed by atoms with van der Waals surface area (Å²) in [4.78, 5) is 13.8. The summed E-state index contributed by atoms with van der Waals surface area (Å²) in [6.45, 7) is 6.24. The van der Waals surface area contributed by atoms with Crippen LogP contribution >= 0.6 is 11.8 Å². The molecule has 1 aliphatic heterocycles. The number of thioether (sulfide) groups is 1. The fraction of sp³-hybridized carbons (Fsp3) is 0.917. The SMILES string of the molecule is CCOC(=O)C(CC)N1CCSCC1S(=O)(=O)CC. The quantitative estimate of drug-likeness (QED) is 0.686. The van der Waals surface area contributed by atoms with Gasteiger partial charge in [-0.2, -0.15) is 11.8 Å². The van der Waals surface area contributed by atoms with Crippen molar-refractivity contribution in [1.29, 1.82) is 0 Å². The number of esters is 1. The van der Waals surface area contributed by atoms with E-state index in [2.05, 4.69) is 0 Å². The highest BCUT2D eigenvalue weighted by Crippen LogP contribution is 2.25. The minimum Gasteiger partial charge on any atom is -0.465 e. The van der Waals surface area contributed by atoms with Crippen LogP contribution in [0, 0.1) is 0 Å². The Balaban J connectivity index is 2.94. The van der Waals surface area contributed by atoms with E-state index in [1.165, 1.54) is 0 Å². The highest BCUT2D eigenvalue weighted by molar-refractivity contribution is 8.01. The normalized spacial score (nSPS) is 23.0. The first-order valence-electron chi connectivity index (χ1n) is 6.69. The second-order valence-corrected chi connectivity index (χ2v) is 7.99. The molecule has 1 fully saturated rings. The molecule has 19 heavy (non-hydrogen) atoms. The van der Waals surface area contributed by atoms with Crippen LogP contribution in [0.3, 0.4) is 0 Å². The summed E-state index contributed by atoms with van der Waals surface area (Å²) in [6, 6.07) is -0.452. The van der Waals surface area contributed by atoms with Gasteiger partial charge in [-0.25, -0.2) is 8.42 Å². The maximum absolute atomic E-state index is 12.2. The molecule has 0 aromatic carbocycles. The molecule has 0 aromatic rings. The topological polar surface area (TPSA) is 63.7 Å². The predicted octanol–water partition coefficient (Wildman–Crippen LogP) is 1.14. The van der Waals surface area contributed by atoms with Crippen molar-refractivity contribution < 1.29 is 17.9 Å². The summed E-state index contributed by atoms with van der Waals surface area (Å²) < 4.78 is 29.4. The molecular weight excluding hydrogens is 286 g/mol. The smallest absolute Gasteiger partial charge is 0.323 e. The summed E-state index contributed by atoms with van der Waals surface area (Å²) in [7, 11) is -3.18. The molecule has 2 unspecified atom stereocenters. The largest absolute Gasteiger partial charge is 0.465 e. The number of ether oxygens (including phenoxy) is 1. The average Bonchev–Trinajstić information content (AvgIpc) is 2.40. The maximum atomic E-state index is 12.2. The Hall–Kier alpha value is -0.270. The van der Waals surface area contributed by atoms with Crippen molar-refractivity contribution in [3.8, 4) is 0 Å². The van der Waals surface area contributed by atoms with Gasteiger partial charge >= 0.3 is 5.97 Å². The standard InChI is InChI=1S/C12H23NO4S2/c1-4-10(12(14)17-5-2)13-7-8-18-9-11(13)19(15,16)6-3/h10-11H,4-9H2,1-3H3. The first kappa shape index (κ1) is 16.8. The molecule has 1 aliphatic rings. The Labute approximate surface area is 120 Å². The number of hydrogen-bond acceptors (Lipinski definition) is 6. The molecule has 1 rings (SSSR count). The van der Waals surface area contributed by atoms with Crippen LogP contribution in [0.5, 0.6) is 0 Å². The van der Waals surface area contributed by atoms with Crippen LogP contribution in [0.4, 0.5) is 0 Å². The Morgan fingerprint density at radius 2 is 2.11 bits per heavy atom. The fourth-order valence-electron chi connectivity index (χ4n) is 2.23. The molecule has 112 valence electrons. The molecule has 2 atom stereocenters. The molecule has 1 saturated heterocycles. The van der Waals surface area contributed by atoms with Gasteiger partial charge in [0.2, 0.25) is 0 Å². The van der Waals surface area contributed by atoms with Crippen LogP contribution in [0.25, 0.3) is 0 Å². The number of nitrogens with zero attached hydrogens (tertiary/aromatic N) is 1. The van der Waals surface area contributed by atoms with E-state index in [4.69, 9.17) is 4.74 Å². The van der Waals surface area contributed by atoms with E-state index in [-0.39, 0.29) is 11.7 Å². The molecular formula is C12H23NO4S2. The van der Waals surface area contributed by atoms with E-state index in [1.54, 1.807) is 25.6 Å². The lowest BCUT2D eigenvalue weighted by Crippen LogP contribution is -2.55. The number of sulfone groups is 1. The van der Waals surface area contributed by atoms with Gasteiger partial charge in [-0.1, -0.05) is 13.8 Å². The number of hydrogen-bond donors (Lipinski definition) is 0. The van der Waals surface area contributed by atoms with Gasteiger partial charge in [-0.3, -0.25) is 9.69 Å². The Bertz CT molecular complexity index is 397. The van der Waals surface area contributed by atoms with Crippen molar-refractivity contribution >= 4 is 27.6 Å². The van der Waals surface area contributed by atoms with E-state index in [9.17, 15) is 13.2 Å². The summed E-state index contributed by atoms with van der Waals surface area (Å²) >= 11 is 1.63. The molecule has 0 saturated carbocycles. The van der Waals surface area contributed by atoms with Gasteiger partial charge in [0, 0.05) is 23.8 Å². The maximum Gasteiger partial charge on any atom is 0.323 e. The molecule has 0 radical (unpaired) electrons. The van der Waals surface area contributed by atoms with E-state index in [1.807, 2.05) is 11.8 Å². The third-order valence-corrected chi connectivity index (χ3v) is 6.59. The molecule has 0 bridgehead atoms. The number of carbonyl (C=O) groups excluding carboxylic acids is 1. The Morgan fingerprint density at radius 1 is 1.42 bits per heavy atom. The van der Waals surface area contributed by atoms with E-state index in [0.717, 1.165) is 5.75 Å². The molecule has 7 heteroatoms. The van der Waals surface area contributed by atoms with Gasteiger partial charge in [0.15, 0.2) is 9.84 Å². The van der Waals surface area contributed by atoms with Gasteiger partial charge in [-0.05, 0) is 13.3 Å². The van der Waals surface area contributed by atoms with Gasteiger partial charge in [0.1, 0.15) is 11.4 Å². The van der Waals surface area contributed by atoms with Crippen molar-refractivity contribution in [3.63, 3.8) is 0 Å². The van der Waals surface area contributed by atoms with Crippen LogP contribution < -0.4 is 0 Å². The monoisotopic (exact) mass is 309 g/mol. The predicted molar refractivity (Wildman–Crippen MR) is 78.0 cm³/mol. The van der Waals surface area contributed by atoms with Crippen molar-refractivity contribution in [2.45, 2.75) is 38.6 Å². The molecule has 0 aromatic heterocycles. The highest BCUT2D eigenvalue weighted by Gasteiger charge is 2.39. The number of carbonyl (C=O) groups is 1. The van der Waals surface area contributed by atoms with E-state index < -0.39 is 21.3 Å². The van der Waals surface area contributed by atoms with Gasteiger partial charge in [0.25, 0.3) is 0 Å². The fourth-order valence-corrected chi connectivity index (χ4v) is 5.30. The van der Waals surface area contributed by atoms with Crippen molar-refractivity contribution in [3.05, 3.63) is 0 Å². The van der Waals surface area contributed by atoms with Crippen LogP contribution in [0.15, 0.2) is 0 Å². The summed E-state index contributed by atoms with van der Waals surface area (Å²) in [5, 5.41) is -0.564. The van der Waals surface area contributed by atoms with E-state index >= 15 is 0 Å². The van der Waals surface area contributed by atoms with Crippen LogP contribution in [0.1, 0.15) is 27.2 Å². The van der Waals surface area contributed by atoms with Gasteiger partial charge in [-0.15, -0.1) is 0 Å². The zero-order valence-electron chi connectivity index (χ0n) is 11.8. The van der Waals surface area contributed by atoms with Crippen molar-refractivity contribution in [2.24, 2.45) is 0 Å². The van der Waals surface area contributed by atoms with E-state index in [0.29, 0.717) is 25.3 Å². The number of rotatable bonds is 6. The summed E-state index contributed by atoms with van der Waals surface area (Å²) in [5.74, 6) is 1.18. The molecule has 5 nitrogen and oxygen atoms in total. The second kappa shape index (κ2) is 7.50. The zero-order valence-corrected chi connectivity index (χ0v) is 13.4. The van der Waals surface area contributed by atoms with Gasteiger partial charge < -0.3 is 4.74 Å². The second-order valence-electron chi connectivity index (χ2n) is 4.40. The third kappa shape index (κ3) is 4.10. The Kier molecular flexibility index (Phi) is 6.62. The summed E-state index contributed by atoms with van der Waals surface area (Å²) in [6.07, 6.45) is 0.569. The molecule has 0 aliphatic carbocycles. The molecule has 0 N–H and O–H groups in total. The van der Waals surface area contributed by atoms with Crippen LogP contribution in [-0.4, -0.2) is 61.1 Å². The molecule has 0 amide bonds. The lowest BCUT2D eigenvalue weighted by Gasteiger charge is -2.38. The van der Waals surface area contributed by atoms with Gasteiger partial charge in [0.05, 0.1) is 6.61 Å². The summed E-state index contributed by atoms with van der Waals surface area (Å²) in [5.41, 5.74) is 0. The lowest BCUT2D eigenvalue weighted by molar-refractivity contribution is -0.149. The van der Waals surface area contributed by atoms with Crippen molar-refractivity contribution in [2.75, 3.05) is 30.4 Å².